The van der Waals surface area contributed by atoms with Gasteiger partial charge in [-0.15, -0.1) is 21.5 Å². The summed E-state index contributed by atoms with van der Waals surface area (Å²) < 4.78 is 16.5. The monoisotopic (exact) mass is 370 g/mol. The van der Waals surface area contributed by atoms with Crippen molar-refractivity contribution >= 4 is 17.3 Å². The summed E-state index contributed by atoms with van der Waals surface area (Å²) in [6.07, 6.45) is 2.73. The smallest absolute Gasteiger partial charge is 0.344 e. The van der Waals surface area contributed by atoms with E-state index in [2.05, 4.69) is 16.3 Å². The highest BCUT2D eigenvalue weighted by Gasteiger charge is 2.20. The largest absolute Gasteiger partial charge is 0.482 e. The second-order valence-corrected chi connectivity index (χ2v) is 7.08. The number of aryl methyl sites for hydroxylation is 2. The Morgan fingerprint density at radius 3 is 3.00 bits per heavy atom. The summed E-state index contributed by atoms with van der Waals surface area (Å²) in [5.74, 6) is 0.897. The lowest BCUT2D eigenvalue weighted by Crippen LogP contribution is -2.17. The Bertz CT molecular complexity index is 904. The minimum absolute atomic E-state index is 0.158. The highest BCUT2D eigenvalue weighted by molar-refractivity contribution is 7.13. The number of benzene rings is 1. The Balaban J connectivity index is 1.31. The molecule has 0 fully saturated rings. The zero-order chi connectivity index (χ0) is 17.9. The van der Waals surface area contributed by atoms with Gasteiger partial charge in [0.05, 0.1) is 4.88 Å². The molecule has 1 aromatic carbocycles. The maximum Gasteiger partial charge on any atom is 0.344 e. The van der Waals surface area contributed by atoms with E-state index >= 15 is 0 Å². The number of hydrogen-bond acceptors (Lipinski definition) is 7. The maximum absolute atomic E-state index is 12.0. The minimum atomic E-state index is -0.632. The van der Waals surface area contributed by atoms with Crippen molar-refractivity contribution in [3.05, 3.63) is 52.7 Å². The highest BCUT2D eigenvalue weighted by atomic mass is 32.1. The molecule has 134 valence electrons. The number of esters is 1. The number of carbonyl (C=O) groups excluding carboxylic acids is 1. The standard InChI is InChI=1S/C19H18N2O4S/c1-12(18-20-21-19(25-18)16-6-3-9-26-16)24-17(22)11-23-15-8-7-13-4-2-5-14(13)10-15/h3,6-10,12H,2,4-5,11H2,1H3/t12-/m1/s1. The van der Waals surface area contributed by atoms with E-state index in [4.69, 9.17) is 13.9 Å². The van der Waals surface area contributed by atoms with Crippen LogP contribution in [0.5, 0.6) is 5.75 Å². The lowest BCUT2D eigenvalue weighted by atomic mass is 10.1. The summed E-state index contributed by atoms with van der Waals surface area (Å²) in [4.78, 5) is 12.9. The van der Waals surface area contributed by atoms with Gasteiger partial charge in [0.2, 0.25) is 0 Å². The van der Waals surface area contributed by atoms with Gasteiger partial charge >= 0.3 is 5.97 Å². The van der Waals surface area contributed by atoms with Crippen molar-refractivity contribution in [1.82, 2.24) is 10.2 Å². The van der Waals surface area contributed by atoms with Crippen LogP contribution in [0.4, 0.5) is 0 Å². The van der Waals surface area contributed by atoms with Gasteiger partial charge in [0.1, 0.15) is 5.75 Å². The Kier molecular flexibility index (Phi) is 4.71. The lowest BCUT2D eigenvalue weighted by Gasteiger charge is -2.11. The fourth-order valence-electron chi connectivity index (χ4n) is 2.96. The average Bonchev–Trinajstić information content (AvgIpc) is 3.40. The van der Waals surface area contributed by atoms with Crippen LogP contribution in [0, 0.1) is 0 Å². The number of rotatable bonds is 6. The summed E-state index contributed by atoms with van der Waals surface area (Å²) in [5, 5.41) is 9.87. The molecule has 26 heavy (non-hydrogen) atoms. The van der Waals surface area contributed by atoms with Gasteiger partial charge in [-0.25, -0.2) is 4.79 Å². The maximum atomic E-state index is 12.0. The van der Waals surface area contributed by atoms with Gasteiger partial charge in [-0.2, -0.15) is 0 Å². The van der Waals surface area contributed by atoms with E-state index in [1.165, 1.54) is 28.9 Å². The second-order valence-electron chi connectivity index (χ2n) is 6.13. The molecule has 2 aromatic heterocycles. The summed E-state index contributed by atoms with van der Waals surface area (Å²) in [6.45, 7) is 1.54. The summed E-state index contributed by atoms with van der Waals surface area (Å²) >= 11 is 1.51. The van der Waals surface area contributed by atoms with Crippen molar-refractivity contribution in [1.29, 1.82) is 0 Å². The Labute approximate surface area is 154 Å². The van der Waals surface area contributed by atoms with Crippen molar-refractivity contribution in [2.24, 2.45) is 0 Å². The van der Waals surface area contributed by atoms with Gasteiger partial charge < -0.3 is 13.9 Å². The van der Waals surface area contributed by atoms with Crippen molar-refractivity contribution in [2.75, 3.05) is 6.61 Å². The predicted molar refractivity (Wildman–Crippen MR) is 96.1 cm³/mol. The number of hydrogen-bond donors (Lipinski definition) is 0. The van der Waals surface area contributed by atoms with Gasteiger partial charge in [-0.1, -0.05) is 12.1 Å². The zero-order valence-electron chi connectivity index (χ0n) is 14.3. The van der Waals surface area contributed by atoms with E-state index in [0.717, 1.165) is 17.7 Å². The quantitative estimate of drug-likeness (QED) is 0.611. The predicted octanol–water partition coefficient (Wildman–Crippen LogP) is 3.97. The zero-order valence-corrected chi connectivity index (χ0v) is 15.1. The average molecular weight is 370 g/mol. The summed E-state index contributed by atoms with van der Waals surface area (Å²) in [6, 6.07) is 9.76. The van der Waals surface area contributed by atoms with Crippen molar-refractivity contribution in [3.8, 4) is 16.5 Å². The Morgan fingerprint density at radius 1 is 1.27 bits per heavy atom. The lowest BCUT2D eigenvalue weighted by molar-refractivity contribution is -0.152. The SMILES string of the molecule is C[C@@H](OC(=O)COc1ccc2c(c1)CCC2)c1nnc(-c2cccs2)o1. The number of ether oxygens (including phenoxy) is 2. The van der Waals surface area contributed by atoms with E-state index in [0.29, 0.717) is 11.6 Å². The molecule has 7 heteroatoms. The van der Waals surface area contributed by atoms with Crippen LogP contribution in [0.2, 0.25) is 0 Å². The van der Waals surface area contributed by atoms with E-state index in [1.807, 2.05) is 29.6 Å². The number of fused-ring (bicyclic) bond motifs is 1. The van der Waals surface area contributed by atoms with Crippen LogP contribution in [-0.2, 0) is 22.4 Å². The molecule has 0 aliphatic heterocycles. The molecule has 1 aliphatic rings. The normalized spacial score (nSPS) is 14.0. The van der Waals surface area contributed by atoms with Crippen LogP contribution in [0.25, 0.3) is 10.8 Å². The van der Waals surface area contributed by atoms with E-state index < -0.39 is 12.1 Å². The van der Waals surface area contributed by atoms with E-state index in [9.17, 15) is 4.79 Å². The molecular formula is C19H18N2O4S. The van der Waals surface area contributed by atoms with E-state index in [-0.39, 0.29) is 12.5 Å². The fourth-order valence-corrected chi connectivity index (χ4v) is 3.60. The van der Waals surface area contributed by atoms with Gasteiger partial charge in [-0.05, 0) is 60.9 Å². The second kappa shape index (κ2) is 7.29. The Morgan fingerprint density at radius 2 is 2.15 bits per heavy atom. The summed E-state index contributed by atoms with van der Waals surface area (Å²) in [7, 11) is 0. The molecule has 1 atom stereocenters. The van der Waals surface area contributed by atoms with Crippen LogP contribution in [0.15, 0.2) is 40.1 Å². The molecule has 0 N–H and O–H groups in total. The first-order chi connectivity index (χ1) is 12.7. The molecule has 6 nitrogen and oxygen atoms in total. The molecule has 0 saturated heterocycles. The molecule has 4 rings (SSSR count). The molecule has 0 unspecified atom stereocenters. The van der Waals surface area contributed by atoms with Crippen LogP contribution < -0.4 is 4.74 Å². The van der Waals surface area contributed by atoms with Crippen LogP contribution in [0.3, 0.4) is 0 Å². The minimum Gasteiger partial charge on any atom is -0.482 e. The highest BCUT2D eigenvalue weighted by Crippen LogP contribution is 2.27. The molecule has 0 radical (unpaired) electrons. The van der Waals surface area contributed by atoms with Gasteiger partial charge in [-0.3, -0.25) is 0 Å². The molecule has 2 heterocycles. The number of carbonyl (C=O) groups is 1. The molecule has 0 amide bonds. The van der Waals surface area contributed by atoms with Crippen molar-refractivity contribution < 1.29 is 18.7 Å². The molecule has 0 saturated carbocycles. The number of thiophene rings is 1. The van der Waals surface area contributed by atoms with Crippen LogP contribution in [-0.4, -0.2) is 22.8 Å². The first-order valence-electron chi connectivity index (χ1n) is 8.50. The van der Waals surface area contributed by atoms with Crippen molar-refractivity contribution in [2.45, 2.75) is 32.3 Å². The van der Waals surface area contributed by atoms with Crippen molar-refractivity contribution in [3.63, 3.8) is 0 Å². The number of nitrogens with zero attached hydrogens (tertiary/aromatic N) is 2. The van der Waals surface area contributed by atoms with Crippen LogP contribution >= 0.6 is 11.3 Å². The van der Waals surface area contributed by atoms with Gasteiger partial charge in [0.15, 0.2) is 12.7 Å². The van der Waals surface area contributed by atoms with E-state index in [1.54, 1.807) is 6.92 Å². The third-order valence-electron chi connectivity index (χ3n) is 4.26. The molecular weight excluding hydrogens is 352 g/mol. The first-order valence-corrected chi connectivity index (χ1v) is 9.38. The van der Waals surface area contributed by atoms with Gasteiger partial charge in [0.25, 0.3) is 11.8 Å². The molecule has 0 spiro atoms. The molecule has 0 bridgehead atoms. The molecule has 1 aliphatic carbocycles. The third-order valence-corrected chi connectivity index (χ3v) is 5.11. The van der Waals surface area contributed by atoms with Crippen LogP contribution in [0.1, 0.15) is 36.5 Å². The first kappa shape index (κ1) is 16.8. The molecule has 3 aromatic rings. The Hall–Kier alpha value is -2.67. The summed E-state index contributed by atoms with van der Waals surface area (Å²) in [5.41, 5.74) is 2.67. The fraction of sp³-hybridized carbons (Fsp3) is 0.316. The number of aromatic nitrogens is 2. The third kappa shape index (κ3) is 3.62. The topological polar surface area (TPSA) is 74.5 Å². The van der Waals surface area contributed by atoms with Gasteiger partial charge in [0, 0.05) is 0 Å².